The number of aliphatic hydroxyl groups is 1. The molecule has 1 amide bonds. The lowest BCUT2D eigenvalue weighted by atomic mass is 9.51. The van der Waals surface area contributed by atoms with Crippen molar-refractivity contribution in [2.24, 2.45) is 5.92 Å². The average molecular weight is 726 g/mol. The van der Waals surface area contributed by atoms with E-state index in [-0.39, 0.29) is 43.1 Å². The van der Waals surface area contributed by atoms with Crippen molar-refractivity contribution in [3.8, 4) is 0 Å². The molecule has 0 spiro atoms. The summed E-state index contributed by atoms with van der Waals surface area (Å²) in [5, 5.41) is 9.23. The molecule has 2 saturated heterocycles. The minimum absolute atomic E-state index is 0.0208. The minimum atomic E-state index is -5.78. The molecule has 6 N–H and O–H groups in total. The Labute approximate surface area is 284 Å². The van der Waals surface area contributed by atoms with Gasteiger partial charge in [-0.05, 0) is 36.6 Å². The molecule has 270 valence electrons. The van der Waals surface area contributed by atoms with E-state index in [1.807, 2.05) is 44.2 Å². The molecule has 2 fully saturated rings. The van der Waals surface area contributed by atoms with Crippen LogP contribution >= 0.6 is 15.2 Å². The van der Waals surface area contributed by atoms with Crippen LogP contribution in [0.5, 0.6) is 0 Å². The lowest BCUT2D eigenvalue weighted by Gasteiger charge is -2.51. The van der Waals surface area contributed by atoms with Gasteiger partial charge in [-0.1, -0.05) is 50.6 Å². The first-order valence-electron chi connectivity index (χ1n) is 16.2. The van der Waals surface area contributed by atoms with Gasteiger partial charge < -0.3 is 43.7 Å². The predicted molar refractivity (Wildman–Crippen MR) is 177 cm³/mol. The first-order chi connectivity index (χ1) is 22.9. The molecule has 1 aromatic carbocycles. The van der Waals surface area contributed by atoms with E-state index in [1.165, 1.54) is 18.6 Å². The third-order valence-corrected chi connectivity index (χ3v) is 13.3. The smallest absolute Gasteiger partial charge is 0.476 e. The summed E-state index contributed by atoms with van der Waals surface area (Å²) < 4.78 is 36.7. The number of rotatable bonds is 18. The maximum atomic E-state index is 14.2. The van der Waals surface area contributed by atoms with Crippen LogP contribution in [-0.2, 0) is 34.4 Å². The number of amides is 1. The second-order valence-electron chi connectivity index (χ2n) is 13.4. The quantitative estimate of drug-likeness (QED) is 0.0948. The van der Waals surface area contributed by atoms with Gasteiger partial charge in [0.25, 0.3) is 11.0 Å². The van der Waals surface area contributed by atoms with Gasteiger partial charge in [-0.3, -0.25) is 28.5 Å². The van der Waals surface area contributed by atoms with E-state index in [0.717, 1.165) is 5.56 Å². The van der Waals surface area contributed by atoms with Gasteiger partial charge >= 0.3 is 21.9 Å². The Morgan fingerprint density at radius 3 is 2.20 bits per heavy atom. The molecule has 49 heavy (non-hydrogen) atoms. The van der Waals surface area contributed by atoms with Crippen molar-refractivity contribution in [1.82, 2.24) is 15.3 Å². The molecule has 2 aliphatic heterocycles. The summed E-state index contributed by atoms with van der Waals surface area (Å²) in [4.78, 5) is 85.8. The predicted octanol–water partition coefficient (Wildman–Crippen LogP) is 1.75. The normalized spacial score (nSPS) is 22.4. The van der Waals surface area contributed by atoms with Crippen molar-refractivity contribution in [1.29, 1.82) is 0 Å². The van der Waals surface area contributed by atoms with Crippen LogP contribution < -0.4 is 5.32 Å². The Morgan fingerprint density at radius 2 is 1.65 bits per heavy atom. The number of nitrogens with zero attached hydrogens (tertiary/aromatic N) is 3. The molecule has 0 saturated carbocycles. The standard InChI is InChI=1S/C30H45BN4O12P2/c1-22(2)17-24(19-28(37)26(18-23-7-4-3-5-8-23)34-29(38)27-21-32-10-11-33-27)31-35(13-15-46-31,14-16-47-31)12-6-9-25(36)20-30(39,48(40,41)42)49(43,44)45/h3-5,7-8,10-11,21-22,24,26,39H,6,9,12-20H2,1-2H3,(H,34,38)(H2,40,41,42)(H2,43,44,45)/t24-,26+,31?,35?/m1/s1. The highest BCUT2D eigenvalue weighted by atomic mass is 31.2. The molecule has 0 unspecified atom stereocenters. The molecule has 1 aromatic heterocycles. The molecule has 0 aliphatic carbocycles. The van der Waals surface area contributed by atoms with Gasteiger partial charge in [-0.2, -0.15) is 0 Å². The molecule has 2 aromatic rings. The fraction of sp³-hybridized carbons (Fsp3) is 0.567. The fourth-order valence-electron chi connectivity index (χ4n) is 7.24. The monoisotopic (exact) mass is 726 g/mol. The van der Waals surface area contributed by atoms with Crippen molar-refractivity contribution in [3.05, 3.63) is 60.2 Å². The van der Waals surface area contributed by atoms with E-state index < -0.39 is 56.9 Å². The van der Waals surface area contributed by atoms with Gasteiger partial charge in [0, 0.05) is 25.4 Å². The number of fused-ring (bicyclic) bond motifs is 1. The number of quaternary nitrogens is 1. The summed E-state index contributed by atoms with van der Waals surface area (Å²) in [7, 11) is -11.6. The number of carbonyl (C=O) groups excluding carboxylic acids is 3. The molecule has 2 aliphatic rings. The summed E-state index contributed by atoms with van der Waals surface area (Å²) in [6.07, 6.45) is 3.35. The molecule has 0 radical (unpaired) electrons. The number of nitrogens with one attached hydrogen (secondary N) is 1. The zero-order valence-corrected chi connectivity index (χ0v) is 29.3. The van der Waals surface area contributed by atoms with Crippen LogP contribution in [0.25, 0.3) is 0 Å². The highest BCUT2D eigenvalue weighted by Crippen LogP contribution is 2.69. The summed E-state index contributed by atoms with van der Waals surface area (Å²) in [6.45, 7) is 3.87. The number of hydrogen-bond acceptors (Lipinski definition) is 10. The summed E-state index contributed by atoms with van der Waals surface area (Å²) in [5.74, 6) is -1.97. The molecule has 16 nitrogen and oxygen atoms in total. The lowest BCUT2D eigenvalue weighted by molar-refractivity contribution is -0.823. The van der Waals surface area contributed by atoms with Crippen LogP contribution in [0.3, 0.4) is 0 Å². The third kappa shape index (κ3) is 8.80. The number of Topliss-reactive ketones (excluding diaryl/α,β-unsaturated/α-hetero) is 2. The summed E-state index contributed by atoms with van der Waals surface area (Å²) >= 11 is 0. The van der Waals surface area contributed by atoms with Crippen molar-refractivity contribution < 1.29 is 61.9 Å². The lowest BCUT2D eigenvalue weighted by Crippen LogP contribution is -2.66. The van der Waals surface area contributed by atoms with E-state index in [0.29, 0.717) is 43.7 Å². The Hall–Kier alpha value is -2.69. The van der Waals surface area contributed by atoms with Crippen molar-refractivity contribution in [3.63, 3.8) is 0 Å². The van der Waals surface area contributed by atoms with E-state index in [2.05, 4.69) is 15.3 Å². The van der Waals surface area contributed by atoms with Crippen LogP contribution in [0.15, 0.2) is 48.9 Å². The van der Waals surface area contributed by atoms with E-state index in [1.54, 1.807) is 0 Å². The van der Waals surface area contributed by atoms with Gasteiger partial charge in [-0.15, -0.1) is 0 Å². The Kier molecular flexibility index (Phi) is 12.5. The molecule has 0 bridgehead atoms. The summed E-state index contributed by atoms with van der Waals surface area (Å²) in [6, 6.07) is 8.38. The molecule has 19 heteroatoms. The summed E-state index contributed by atoms with van der Waals surface area (Å²) in [5.41, 5.74) is 0.913. The number of aromatic nitrogens is 2. The van der Waals surface area contributed by atoms with Crippen LogP contribution in [0.2, 0.25) is 5.82 Å². The Bertz CT molecular complexity index is 1540. The van der Waals surface area contributed by atoms with E-state index in [4.69, 9.17) is 9.31 Å². The van der Waals surface area contributed by atoms with Gasteiger partial charge in [0.2, 0.25) is 0 Å². The molecule has 4 rings (SSSR count). The zero-order valence-electron chi connectivity index (χ0n) is 27.5. The zero-order chi connectivity index (χ0) is 36.1. The second-order valence-corrected chi connectivity index (χ2v) is 17.4. The van der Waals surface area contributed by atoms with Crippen molar-refractivity contribution in [2.45, 2.75) is 69.3 Å². The van der Waals surface area contributed by atoms with Gasteiger partial charge in [-0.25, -0.2) is 4.98 Å². The number of hydrogen-bond donors (Lipinski definition) is 6. The van der Waals surface area contributed by atoms with Crippen LogP contribution in [0, 0.1) is 5.92 Å². The number of ketones is 2. The SMILES string of the molecule is CC(C)C[C@H](CC(=O)[C@H](Cc1ccccc1)NC(=O)c1cnccn1)[B-]12OCC[N+]1(CCCC(=O)CC(O)(P(=O)(O)O)P(=O)(O)O)CCO2. The van der Waals surface area contributed by atoms with E-state index >= 15 is 0 Å². The topological polar surface area (TPSA) is 243 Å². The fourth-order valence-corrected chi connectivity index (χ4v) is 9.36. The molecular formula is C30H45BN4O12P2. The van der Waals surface area contributed by atoms with Crippen LogP contribution in [-0.4, -0.2) is 107 Å². The average Bonchev–Trinajstić information content (AvgIpc) is 3.56. The maximum absolute atomic E-state index is 14.2. The first-order valence-corrected chi connectivity index (χ1v) is 19.4. The Morgan fingerprint density at radius 1 is 1.02 bits per heavy atom. The molecule has 3 heterocycles. The number of carbonyl (C=O) groups is 3. The largest absolute Gasteiger partial charge is 0.509 e. The molecular weight excluding hydrogens is 681 g/mol. The Balaban J connectivity index is 1.54. The van der Waals surface area contributed by atoms with Crippen LogP contribution in [0.1, 0.15) is 62.0 Å². The molecule has 2 atom stereocenters. The minimum Gasteiger partial charge on any atom is -0.509 e. The van der Waals surface area contributed by atoms with Crippen molar-refractivity contribution in [2.75, 3.05) is 32.8 Å². The number of benzene rings is 1. The van der Waals surface area contributed by atoms with Gasteiger partial charge in [0.05, 0.1) is 45.0 Å². The van der Waals surface area contributed by atoms with Crippen LogP contribution in [0.4, 0.5) is 0 Å². The second kappa shape index (κ2) is 15.7. The third-order valence-electron chi connectivity index (χ3n) is 9.58. The first kappa shape index (κ1) is 39.1. The van der Waals surface area contributed by atoms with Crippen molar-refractivity contribution >= 4 is 39.4 Å². The van der Waals surface area contributed by atoms with Gasteiger partial charge in [0.1, 0.15) is 11.5 Å². The highest BCUT2D eigenvalue weighted by Gasteiger charge is 2.63. The maximum Gasteiger partial charge on any atom is 0.476 e. The van der Waals surface area contributed by atoms with E-state index in [9.17, 15) is 48.2 Å². The van der Waals surface area contributed by atoms with Gasteiger partial charge in [0.15, 0.2) is 5.78 Å². The highest BCUT2D eigenvalue weighted by molar-refractivity contribution is 7.72.